The Morgan fingerprint density at radius 3 is 2.38 bits per heavy atom. The highest BCUT2D eigenvalue weighted by molar-refractivity contribution is 7.88. The van der Waals surface area contributed by atoms with E-state index >= 15 is 0 Å². The molecule has 2 fully saturated rings. The van der Waals surface area contributed by atoms with Gasteiger partial charge in [-0.25, -0.2) is 12.7 Å². The van der Waals surface area contributed by atoms with Crippen molar-refractivity contribution in [3.05, 3.63) is 90.3 Å². The number of nitrogens with zero attached hydrogens (tertiary/aromatic N) is 3. The molecule has 0 bridgehead atoms. The molecule has 178 valence electrons. The van der Waals surface area contributed by atoms with Crippen LogP contribution in [0.3, 0.4) is 0 Å². The monoisotopic (exact) mass is 477 g/mol. The second-order valence-electron chi connectivity index (χ2n) is 9.25. The van der Waals surface area contributed by atoms with Crippen molar-refractivity contribution in [1.29, 1.82) is 0 Å². The molecule has 1 aromatic heterocycles. The minimum absolute atomic E-state index is 0.0195. The fourth-order valence-electron chi connectivity index (χ4n) is 5.47. The quantitative estimate of drug-likeness (QED) is 0.588. The first-order valence-corrected chi connectivity index (χ1v) is 13.6. The summed E-state index contributed by atoms with van der Waals surface area (Å²) in [5.74, 6) is 0.120. The van der Waals surface area contributed by atoms with Gasteiger partial charge < -0.3 is 5.11 Å². The molecule has 2 aliphatic heterocycles. The number of hydrogen-bond donors (Lipinski definition) is 1. The summed E-state index contributed by atoms with van der Waals surface area (Å²) in [4.78, 5) is 6.51. The molecular weight excluding hydrogens is 446 g/mol. The third kappa shape index (κ3) is 4.66. The molecule has 5 rings (SSSR count). The van der Waals surface area contributed by atoms with Gasteiger partial charge in [0.25, 0.3) is 0 Å². The number of fused-ring (bicyclic) bond motifs is 1. The van der Waals surface area contributed by atoms with Crippen LogP contribution in [0.1, 0.15) is 29.9 Å². The van der Waals surface area contributed by atoms with E-state index in [-0.39, 0.29) is 30.4 Å². The Kier molecular flexibility index (Phi) is 6.79. The first-order chi connectivity index (χ1) is 16.6. The first-order valence-electron chi connectivity index (χ1n) is 12.0. The molecule has 0 aliphatic carbocycles. The van der Waals surface area contributed by atoms with E-state index in [9.17, 15) is 13.5 Å². The molecule has 2 saturated heterocycles. The van der Waals surface area contributed by atoms with Crippen molar-refractivity contribution in [2.24, 2.45) is 0 Å². The van der Waals surface area contributed by atoms with Gasteiger partial charge in [0.1, 0.15) is 0 Å². The summed E-state index contributed by atoms with van der Waals surface area (Å²) in [6, 6.07) is 21.9. The minimum Gasteiger partial charge on any atom is -0.395 e. The summed E-state index contributed by atoms with van der Waals surface area (Å²) >= 11 is 0. The number of sulfonamides is 1. The molecule has 3 aromatic rings. The van der Waals surface area contributed by atoms with E-state index in [0.717, 1.165) is 41.6 Å². The normalized spacial score (nSPS) is 24.0. The van der Waals surface area contributed by atoms with Gasteiger partial charge in [-0.05, 0) is 47.7 Å². The summed E-state index contributed by atoms with van der Waals surface area (Å²) in [7, 11) is -3.43. The largest absolute Gasteiger partial charge is 0.395 e. The molecule has 0 spiro atoms. The number of aliphatic hydroxyl groups is 1. The molecule has 3 atom stereocenters. The molecule has 0 saturated carbocycles. The molecule has 0 radical (unpaired) electrons. The van der Waals surface area contributed by atoms with Gasteiger partial charge in [-0.2, -0.15) is 0 Å². The fraction of sp³-hybridized carbons (Fsp3) is 0.370. The van der Waals surface area contributed by atoms with Gasteiger partial charge in [0.15, 0.2) is 0 Å². The molecule has 0 unspecified atom stereocenters. The standard InChI is InChI=1S/C27H31N3O3S/c31-19-26-27(23-12-10-22(11-13-23)24-9-6-14-28-17-24)25-18-29(15-4-5-16-30(25)26)34(32,33)20-21-7-2-1-3-8-21/h1-3,6-14,17,25-27,31H,4-5,15-16,18-20H2/t25-,26+,27-/m0/s1. The number of hydrogen-bond acceptors (Lipinski definition) is 5. The number of rotatable bonds is 6. The van der Waals surface area contributed by atoms with Crippen molar-refractivity contribution < 1.29 is 13.5 Å². The number of aliphatic hydroxyl groups excluding tert-OH is 1. The number of aromatic nitrogens is 1. The van der Waals surface area contributed by atoms with Crippen molar-refractivity contribution in [3.63, 3.8) is 0 Å². The summed E-state index contributed by atoms with van der Waals surface area (Å²) in [6.07, 6.45) is 5.37. The highest BCUT2D eigenvalue weighted by Gasteiger charge is 2.50. The van der Waals surface area contributed by atoms with Crippen molar-refractivity contribution in [2.75, 3.05) is 26.2 Å². The van der Waals surface area contributed by atoms with Crippen LogP contribution >= 0.6 is 0 Å². The Morgan fingerprint density at radius 2 is 1.68 bits per heavy atom. The Balaban J connectivity index is 1.38. The van der Waals surface area contributed by atoms with Crippen LogP contribution in [-0.2, 0) is 15.8 Å². The third-order valence-corrected chi connectivity index (χ3v) is 9.02. The maximum absolute atomic E-state index is 13.3. The molecule has 2 aromatic carbocycles. The Hall–Kier alpha value is -2.58. The third-order valence-electron chi connectivity index (χ3n) is 7.21. The van der Waals surface area contributed by atoms with E-state index in [2.05, 4.69) is 34.1 Å². The van der Waals surface area contributed by atoms with E-state index < -0.39 is 10.0 Å². The minimum atomic E-state index is -3.43. The van der Waals surface area contributed by atoms with E-state index in [4.69, 9.17) is 0 Å². The van der Waals surface area contributed by atoms with Crippen LogP contribution in [-0.4, -0.2) is 66.0 Å². The zero-order valence-corrected chi connectivity index (χ0v) is 20.0. The van der Waals surface area contributed by atoms with E-state index in [0.29, 0.717) is 13.1 Å². The van der Waals surface area contributed by atoms with Gasteiger partial charge >= 0.3 is 0 Å². The molecule has 3 heterocycles. The number of benzene rings is 2. The Morgan fingerprint density at radius 1 is 0.912 bits per heavy atom. The van der Waals surface area contributed by atoms with Crippen LogP contribution < -0.4 is 0 Å². The highest BCUT2D eigenvalue weighted by Crippen LogP contribution is 2.42. The van der Waals surface area contributed by atoms with Crippen molar-refractivity contribution in [3.8, 4) is 11.1 Å². The van der Waals surface area contributed by atoms with Crippen LogP contribution in [0, 0.1) is 0 Å². The molecule has 1 N–H and O–H groups in total. The van der Waals surface area contributed by atoms with Crippen LogP contribution in [0.2, 0.25) is 0 Å². The van der Waals surface area contributed by atoms with Gasteiger partial charge in [-0.15, -0.1) is 0 Å². The zero-order chi connectivity index (χ0) is 23.5. The van der Waals surface area contributed by atoms with Crippen molar-refractivity contribution in [2.45, 2.75) is 36.6 Å². The smallest absolute Gasteiger partial charge is 0.218 e. The van der Waals surface area contributed by atoms with Gasteiger partial charge in [0.2, 0.25) is 10.0 Å². The van der Waals surface area contributed by atoms with Crippen molar-refractivity contribution in [1.82, 2.24) is 14.2 Å². The van der Waals surface area contributed by atoms with Crippen LogP contribution in [0.5, 0.6) is 0 Å². The molecule has 34 heavy (non-hydrogen) atoms. The van der Waals surface area contributed by atoms with Gasteiger partial charge in [0.05, 0.1) is 12.4 Å². The first kappa shape index (κ1) is 23.2. The Bertz CT molecular complexity index is 1190. The molecular formula is C27H31N3O3S. The molecule has 2 aliphatic rings. The topological polar surface area (TPSA) is 73.7 Å². The van der Waals surface area contributed by atoms with Crippen molar-refractivity contribution >= 4 is 10.0 Å². The predicted molar refractivity (Wildman–Crippen MR) is 134 cm³/mol. The van der Waals surface area contributed by atoms with E-state index in [1.165, 1.54) is 0 Å². The summed E-state index contributed by atoms with van der Waals surface area (Å²) in [6.45, 7) is 1.98. The zero-order valence-electron chi connectivity index (χ0n) is 19.2. The van der Waals surface area contributed by atoms with Crippen LogP contribution in [0.25, 0.3) is 11.1 Å². The van der Waals surface area contributed by atoms with Crippen LogP contribution in [0.15, 0.2) is 79.1 Å². The molecule has 7 heteroatoms. The second-order valence-corrected chi connectivity index (χ2v) is 11.2. The predicted octanol–water partition coefficient (Wildman–Crippen LogP) is 3.50. The maximum Gasteiger partial charge on any atom is 0.218 e. The lowest BCUT2D eigenvalue weighted by Gasteiger charge is -2.57. The van der Waals surface area contributed by atoms with Gasteiger partial charge in [0, 0.05) is 43.5 Å². The van der Waals surface area contributed by atoms with Crippen LogP contribution in [0.4, 0.5) is 0 Å². The fourth-order valence-corrected chi connectivity index (χ4v) is 7.05. The lowest BCUT2D eigenvalue weighted by atomic mass is 9.74. The highest BCUT2D eigenvalue weighted by atomic mass is 32.2. The maximum atomic E-state index is 13.3. The second kappa shape index (κ2) is 9.96. The summed E-state index contributed by atoms with van der Waals surface area (Å²) < 4.78 is 28.4. The summed E-state index contributed by atoms with van der Waals surface area (Å²) in [5.41, 5.74) is 4.12. The van der Waals surface area contributed by atoms with Gasteiger partial charge in [-0.1, -0.05) is 60.7 Å². The molecule has 6 nitrogen and oxygen atoms in total. The average Bonchev–Trinajstić information content (AvgIpc) is 2.84. The average molecular weight is 478 g/mol. The Labute approximate surface area is 201 Å². The molecule has 0 amide bonds. The lowest BCUT2D eigenvalue weighted by molar-refractivity contribution is -0.0554. The number of pyridine rings is 1. The van der Waals surface area contributed by atoms with Gasteiger partial charge in [-0.3, -0.25) is 9.88 Å². The lowest BCUT2D eigenvalue weighted by Crippen LogP contribution is -2.67. The van der Waals surface area contributed by atoms with E-state index in [1.54, 1.807) is 10.5 Å². The van der Waals surface area contributed by atoms with E-state index in [1.807, 2.05) is 48.7 Å². The SMILES string of the molecule is O=S(=O)(Cc1ccccc1)N1CCCCN2[C@H](CO)[C@@H](c3ccc(-c4cccnc4)cc3)[C@@H]2C1. The summed E-state index contributed by atoms with van der Waals surface area (Å²) in [5, 5.41) is 10.2.